The van der Waals surface area contributed by atoms with Crippen LogP contribution in [0.25, 0.3) is 0 Å². The molecule has 0 aromatic heterocycles. The number of alkyl halides is 3. The van der Waals surface area contributed by atoms with Gasteiger partial charge in [0.05, 0.1) is 12.2 Å². The van der Waals surface area contributed by atoms with Crippen LogP contribution in [0.15, 0.2) is 18.2 Å². The maximum absolute atomic E-state index is 12.5. The van der Waals surface area contributed by atoms with Crippen molar-refractivity contribution in [3.05, 3.63) is 34.9 Å². The predicted octanol–water partition coefficient (Wildman–Crippen LogP) is 3.22. The molecule has 0 amide bonds. The van der Waals surface area contributed by atoms with Gasteiger partial charge in [0.1, 0.15) is 0 Å². The number of carbonyl (C=O) groups excluding carboxylic acids is 1. The molecule has 0 atom stereocenters. The fourth-order valence-corrected chi connectivity index (χ4v) is 1.92. The molecule has 0 unspecified atom stereocenters. The number of hydrogen-bond acceptors (Lipinski definition) is 3. The number of hydrogen-bond donors (Lipinski definition) is 1. The Kier molecular flexibility index (Phi) is 6.11. The lowest BCUT2D eigenvalue weighted by Gasteiger charge is -2.09. The van der Waals surface area contributed by atoms with Crippen molar-refractivity contribution in [1.82, 2.24) is 0 Å². The largest absolute Gasteiger partial charge is 0.416 e. The molecule has 0 fully saturated rings. The van der Waals surface area contributed by atoms with Crippen LogP contribution >= 0.6 is 11.8 Å². The average molecular weight is 302 g/mol. The van der Waals surface area contributed by atoms with Crippen molar-refractivity contribution in [2.75, 3.05) is 5.75 Å². The van der Waals surface area contributed by atoms with Crippen molar-refractivity contribution in [3.63, 3.8) is 0 Å². The van der Waals surface area contributed by atoms with Gasteiger partial charge in [0.2, 0.25) is 0 Å². The number of rotatable bonds is 3. The highest BCUT2D eigenvalue weighted by atomic mass is 32.2. The average Bonchev–Trinajstić information content (AvgIpc) is 2.36. The van der Waals surface area contributed by atoms with E-state index in [1.165, 1.54) is 13.0 Å². The van der Waals surface area contributed by atoms with E-state index in [1.807, 2.05) is 0 Å². The van der Waals surface area contributed by atoms with Gasteiger partial charge in [0, 0.05) is 24.7 Å². The molecule has 0 saturated carbocycles. The van der Waals surface area contributed by atoms with Crippen LogP contribution in [0.1, 0.15) is 30.0 Å². The first kappa shape index (κ1) is 16.6. The first-order valence-electron chi connectivity index (χ1n) is 5.78. The van der Waals surface area contributed by atoms with Crippen molar-refractivity contribution in [1.29, 1.82) is 0 Å². The lowest BCUT2D eigenvalue weighted by molar-refractivity contribution is -0.137. The van der Waals surface area contributed by atoms with Gasteiger partial charge in [-0.25, -0.2) is 0 Å². The summed E-state index contributed by atoms with van der Waals surface area (Å²) in [5, 5.41) is 9.10. The minimum absolute atomic E-state index is 0.00243. The van der Waals surface area contributed by atoms with Crippen molar-refractivity contribution in [2.24, 2.45) is 0 Å². The summed E-state index contributed by atoms with van der Waals surface area (Å²) in [6, 6.07) is 3.08. The van der Waals surface area contributed by atoms with Gasteiger partial charge in [0.15, 0.2) is 5.12 Å². The second-order valence-corrected chi connectivity index (χ2v) is 5.19. The van der Waals surface area contributed by atoms with Gasteiger partial charge in [-0.2, -0.15) is 13.2 Å². The summed E-state index contributed by atoms with van der Waals surface area (Å²) in [7, 11) is 0. The molecular formula is C14H13F3O2S. The Labute approximate surface area is 119 Å². The van der Waals surface area contributed by atoms with Gasteiger partial charge in [-0.05, 0) is 23.8 Å². The summed E-state index contributed by atoms with van der Waals surface area (Å²) in [6.07, 6.45) is -3.98. The van der Waals surface area contributed by atoms with E-state index in [4.69, 9.17) is 5.11 Å². The maximum atomic E-state index is 12.5. The second-order valence-electron chi connectivity index (χ2n) is 3.92. The topological polar surface area (TPSA) is 37.3 Å². The third kappa shape index (κ3) is 5.27. The molecule has 20 heavy (non-hydrogen) atoms. The van der Waals surface area contributed by atoms with E-state index < -0.39 is 18.3 Å². The number of halogens is 3. The van der Waals surface area contributed by atoms with Gasteiger partial charge in [-0.3, -0.25) is 4.79 Å². The molecule has 2 nitrogen and oxygen atoms in total. The molecule has 1 aromatic rings. The summed E-state index contributed by atoms with van der Waals surface area (Å²) >= 11 is 1.14. The van der Waals surface area contributed by atoms with Crippen LogP contribution in [0.2, 0.25) is 0 Å². The highest BCUT2D eigenvalue weighted by Crippen LogP contribution is 2.30. The molecular weight excluding hydrogens is 289 g/mol. The zero-order valence-electron chi connectivity index (χ0n) is 10.8. The molecule has 1 N–H and O–H groups in total. The first-order chi connectivity index (χ1) is 9.34. The Balaban J connectivity index is 2.81. The van der Waals surface area contributed by atoms with Crippen LogP contribution in [0, 0.1) is 11.8 Å². The molecule has 108 valence electrons. The van der Waals surface area contributed by atoms with Crippen LogP contribution in [0.4, 0.5) is 13.2 Å². The summed E-state index contributed by atoms with van der Waals surface area (Å²) < 4.78 is 37.5. The standard InChI is InChI=1S/C14H13F3O2S/c1-10(19)20-7-3-2-4-11-5-6-13(14(15,16)17)8-12(11)9-18/h5-6,8,18H,3,7,9H2,1H3. The first-order valence-corrected chi connectivity index (χ1v) is 6.76. The molecule has 0 aliphatic heterocycles. The SMILES string of the molecule is CC(=O)SCCC#Cc1ccc(C(F)(F)F)cc1CO. The quantitative estimate of drug-likeness (QED) is 0.688. The van der Waals surface area contributed by atoms with E-state index in [-0.39, 0.29) is 10.7 Å². The van der Waals surface area contributed by atoms with Gasteiger partial charge in [0.25, 0.3) is 0 Å². The third-order valence-corrected chi connectivity index (χ3v) is 3.17. The van der Waals surface area contributed by atoms with Crippen LogP contribution in [-0.4, -0.2) is 16.0 Å². The van der Waals surface area contributed by atoms with Crippen molar-refractivity contribution in [3.8, 4) is 11.8 Å². The fourth-order valence-electron chi connectivity index (χ4n) is 1.43. The molecule has 0 saturated heterocycles. The predicted molar refractivity (Wildman–Crippen MR) is 72.0 cm³/mol. The van der Waals surface area contributed by atoms with Gasteiger partial charge in [-0.15, -0.1) is 0 Å². The monoisotopic (exact) mass is 302 g/mol. The van der Waals surface area contributed by atoms with E-state index in [1.54, 1.807) is 0 Å². The molecule has 0 aliphatic rings. The van der Waals surface area contributed by atoms with Crippen molar-refractivity contribution >= 4 is 16.9 Å². The molecule has 6 heteroatoms. The lowest BCUT2D eigenvalue weighted by atomic mass is 10.0. The summed E-state index contributed by atoms with van der Waals surface area (Å²) in [5.41, 5.74) is -0.292. The Bertz CT molecular complexity index is 542. The van der Waals surface area contributed by atoms with Gasteiger partial charge >= 0.3 is 6.18 Å². The highest BCUT2D eigenvalue weighted by Gasteiger charge is 2.30. The molecule has 0 radical (unpaired) electrons. The fraction of sp³-hybridized carbons (Fsp3) is 0.357. The lowest BCUT2D eigenvalue weighted by Crippen LogP contribution is -2.06. The number of carbonyl (C=O) groups is 1. The zero-order valence-corrected chi connectivity index (χ0v) is 11.6. The number of aliphatic hydroxyl groups is 1. The Morgan fingerprint density at radius 2 is 2.10 bits per heavy atom. The number of aliphatic hydroxyl groups excluding tert-OH is 1. The zero-order chi connectivity index (χ0) is 15.2. The van der Waals surface area contributed by atoms with Crippen LogP contribution in [0.5, 0.6) is 0 Å². The molecule has 0 aliphatic carbocycles. The smallest absolute Gasteiger partial charge is 0.392 e. The van der Waals surface area contributed by atoms with Crippen molar-refractivity contribution in [2.45, 2.75) is 26.1 Å². The van der Waals surface area contributed by atoms with E-state index in [9.17, 15) is 18.0 Å². The Morgan fingerprint density at radius 1 is 1.40 bits per heavy atom. The van der Waals surface area contributed by atoms with Crippen LogP contribution < -0.4 is 0 Å². The second kappa shape index (κ2) is 7.36. The Morgan fingerprint density at radius 3 is 2.65 bits per heavy atom. The maximum Gasteiger partial charge on any atom is 0.416 e. The molecule has 0 heterocycles. The summed E-state index contributed by atoms with van der Waals surface area (Å²) in [5.74, 6) is 6.03. The van der Waals surface area contributed by atoms with E-state index in [0.717, 1.165) is 23.9 Å². The number of benzene rings is 1. The normalized spacial score (nSPS) is 10.8. The summed E-state index contributed by atoms with van der Waals surface area (Å²) in [6.45, 7) is 0.952. The highest BCUT2D eigenvalue weighted by molar-refractivity contribution is 8.13. The van der Waals surface area contributed by atoms with E-state index in [2.05, 4.69) is 11.8 Å². The molecule has 0 bridgehead atoms. The van der Waals surface area contributed by atoms with Crippen molar-refractivity contribution < 1.29 is 23.1 Å². The van der Waals surface area contributed by atoms with Gasteiger partial charge in [-0.1, -0.05) is 23.6 Å². The molecule has 1 rings (SSSR count). The van der Waals surface area contributed by atoms with Gasteiger partial charge < -0.3 is 5.11 Å². The van der Waals surface area contributed by atoms with E-state index >= 15 is 0 Å². The van der Waals surface area contributed by atoms with E-state index in [0.29, 0.717) is 17.7 Å². The molecule has 1 aromatic carbocycles. The minimum atomic E-state index is -4.44. The van der Waals surface area contributed by atoms with Crippen LogP contribution in [0.3, 0.4) is 0 Å². The summed E-state index contributed by atoms with van der Waals surface area (Å²) in [4.78, 5) is 10.7. The third-order valence-electron chi connectivity index (χ3n) is 2.36. The Hall–Kier alpha value is -1.45. The van der Waals surface area contributed by atoms with Crippen LogP contribution in [-0.2, 0) is 17.6 Å². The number of thioether (sulfide) groups is 1. The minimum Gasteiger partial charge on any atom is -0.392 e. The molecule has 0 spiro atoms.